The molecule has 1 aromatic carbocycles. The lowest BCUT2D eigenvalue weighted by atomic mass is 10.2. The molecule has 3 rings (SSSR count). The number of thiophene rings is 1. The highest BCUT2D eigenvalue weighted by molar-refractivity contribution is 7.20. The Morgan fingerprint density at radius 3 is 2.89 bits per heavy atom. The molecule has 2 aromatic rings. The van der Waals surface area contributed by atoms with Gasteiger partial charge in [-0.3, -0.25) is 4.79 Å². The van der Waals surface area contributed by atoms with Crippen molar-refractivity contribution in [1.29, 1.82) is 0 Å². The van der Waals surface area contributed by atoms with Crippen molar-refractivity contribution >= 4 is 33.0 Å². The first-order chi connectivity index (χ1) is 9.04. The molecular formula is C15H18N2OS. The average molecular weight is 274 g/mol. The number of nitrogens with two attached hydrogens (primary N) is 1. The number of nitrogens with zero attached hydrogens (tertiary/aromatic N) is 1. The van der Waals surface area contributed by atoms with E-state index in [0.717, 1.165) is 33.1 Å². The summed E-state index contributed by atoms with van der Waals surface area (Å²) < 4.78 is 1.12. The average Bonchev–Trinajstić information content (AvgIpc) is 2.90. The zero-order chi connectivity index (χ0) is 13.6. The number of anilines is 1. The van der Waals surface area contributed by atoms with Gasteiger partial charge in [-0.1, -0.05) is 6.92 Å². The summed E-state index contributed by atoms with van der Waals surface area (Å²) in [7, 11) is 1.89. The largest absolute Gasteiger partial charge is 0.399 e. The number of fused-ring (bicyclic) bond motifs is 1. The number of carbonyl (C=O) groups is 1. The summed E-state index contributed by atoms with van der Waals surface area (Å²) in [6, 6.07) is 7.73. The van der Waals surface area contributed by atoms with Crippen molar-refractivity contribution in [1.82, 2.24) is 4.90 Å². The number of carbonyl (C=O) groups excluding carboxylic acids is 1. The van der Waals surface area contributed by atoms with E-state index < -0.39 is 0 Å². The van der Waals surface area contributed by atoms with Gasteiger partial charge in [-0.2, -0.15) is 0 Å². The standard InChI is InChI=1S/C15H18N2OS/c1-9-5-11(9)8-17(2)15(18)14-7-10-6-12(16)3-4-13(10)19-14/h3-4,6-7,9,11H,5,8,16H2,1-2H3. The Kier molecular flexibility index (Phi) is 2.97. The molecule has 19 heavy (non-hydrogen) atoms. The van der Waals surface area contributed by atoms with Crippen molar-refractivity contribution in [3.63, 3.8) is 0 Å². The van der Waals surface area contributed by atoms with Crippen LogP contribution >= 0.6 is 11.3 Å². The maximum Gasteiger partial charge on any atom is 0.263 e. The lowest BCUT2D eigenvalue weighted by Gasteiger charge is -2.15. The SMILES string of the molecule is CC1CC1CN(C)C(=O)c1cc2cc(N)ccc2s1. The zero-order valence-electron chi connectivity index (χ0n) is 11.2. The molecule has 1 saturated carbocycles. The van der Waals surface area contributed by atoms with E-state index in [9.17, 15) is 4.79 Å². The molecule has 1 aromatic heterocycles. The molecule has 0 spiro atoms. The lowest BCUT2D eigenvalue weighted by molar-refractivity contribution is 0.0792. The maximum absolute atomic E-state index is 12.4. The third kappa shape index (κ3) is 2.45. The summed E-state index contributed by atoms with van der Waals surface area (Å²) >= 11 is 1.54. The highest BCUT2D eigenvalue weighted by Gasteiger charge is 2.34. The summed E-state index contributed by atoms with van der Waals surface area (Å²) in [6.07, 6.45) is 1.25. The normalized spacial score (nSPS) is 21.6. The minimum atomic E-state index is 0.124. The predicted molar refractivity (Wildman–Crippen MR) is 80.5 cm³/mol. The van der Waals surface area contributed by atoms with Crippen LogP contribution in [0.1, 0.15) is 23.0 Å². The van der Waals surface area contributed by atoms with Crippen molar-refractivity contribution in [2.24, 2.45) is 11.8 Å². The molecule has 100 valence electrons. The number of nitrogen functional groups attached to an aromatic ring is 1. The first-order valence-electron chi connectivity index (χ1n) is 6.59. The second-order valence-corrected chi connectivity index (χ2v) is 6.65. The first-order valence-corrected chi connectivity index (χ1v) is 7.41. The molecule has 2 atom stereocenters. The van der Waals surface area contributed by atoms with E-state index >= 15 is 0 Å². The Labute approximate surface area is 117 Å². The minimum Gasteiger partial charge on any atom is -0.399 e. The molecule has 2 unspecified atom stereocenters. The van der Waals surface area contributed by atoms with Gasteiger partial charge < -0.3 is 10.6 Å². The molecule has 1 heterocycles. The van der Waals surface area contributed by atoms with Crippen molar-refractivity contribution in [2.45, 2.75) is 13.3 Å². The van der Waals surface area contributed by atoms with E-state index in [1.165, 1.54) is 6.42 Å². The second kappa shape index (κ2) is 4.53. The summed E-state index contributed by atoms with van der Waals surface area (Å²) in [4.78, 5) is 15.0. The summed E-state index contributed by atoms with van der Waals surface area (Å²) in [5.74, 6) is 1.59. The Balaban J connectivity index is 1.80. The van der Waals surface area contributed by atoms with Crippen LogP contribution in [0, 0.1) is 11.8 Å². The molecule has 3 nitrogen and oxygen atoms in total. The molecule has 0 saturated heterocycles. The molecule has 1 aliphatic carbocycles. The molecule has 1 aliphatic rings. The van der Waals surface area contributed by atoms with Gasteiger partial charge >= 0.3 is 0 Å². The summed E-state index contributed by atoms with van der Waals surface area (Å²) in [5.41, 5.74) is 6.51. The number of amides is 1. The first kappa shape index (κ1) is 12.5. The van der Waals surface area contributed by atoms with Crippen molar-refractivity contribution in [3.05, 3.63) is 29.1 Å². The Morgan fingerprint density at radius 1 is 1.47 bits per heavy atom. The number of benzene rings is 1. The molecule has 2 N–H and O–H groups in total. The lowest BCUT2D eigenvalue weighted by Crippen LogP contribution is -2.28. The number of hydrogen-bond donors (Lipinski definition) is 1. The van der Waals surface area contributed by atoms with Crippen LogP contribution in [0.3, 0.4) is 0 Å². The van der Waals surface area contributed by atoms with Crippen molar-refractivity contribution < 1.29 is 4.79 Å². The molecule has 4 heteroatoms. The highest BCUT2D eigenvalue weighted by atomic mass is 32.1. The smallest absolute Gasteiger partial charge is 0.263 e. The van der Waals surface area contributed by atoms with Crippen molar-refractivity contribution in [2.75, 3.05) is 19.3 Å². The van der Waals surface area contributed by atoms with Gasteiger partial charge in [0.15, 0.2) is 0 Å². The van der Waals surface area contributed by atoms with Gasteiger partial charge in [-0.15, -0.1) is 11.3 Å². The van der Waals surface area contributed by atoms with E-state index in [4.69, 9.17) is 5.73 Å². The summed E-state index contributed by atoms with van der Waals surface area (Å²) in [6.45, 7) is 3.11. The van der Waals surface area contributed by atoms with Crippen LogP contribution in [-0.4, -0.2) is 24.4 Å². The van der Waals surface area contributed by atoms with E-state index in [-0.39, 0.29) is 5.91 Å². The molecule has 0 bridgehead atoms. The minimum absolute atomic E-state index is 0.124. The fourth-order valence-corrected chi connectivity index (χ4v) is 3.48. The van der Waals surface area contributed by atoms with Gasteiger partial charge in [0.2, 0.25) is 0 Å². The van der Waals surface area contributed by atoms with Crippen LogP contribution in [0.25, 0.3) is 10.1 Å². The molecule has 1 amide bonds. The fourth-order valence-electron chi connectivity index (χ4n) is 2.44. The highest BCUT2D eigenvalue weighted by Crippen LogP contribution is 2.38. The quantitative estimate of drug-likeness (QED) is 0.874. The Hall–Kier alpha value is -1.55. The third-order valence-electron chi connectivity index (χ3n) is 3.88. The maximum atomic E-state index is 12.4. The molecule has 1 fully saturated rings. The van der Waals surface area contributed by atoms with Crippen LogP contribution in [0.4, 0.5) is 5.69 Å². The Morgan fingerprint density at radius 2 is 2.21 bits per heavy atom. The third-order valence-corrected chi connectivity index (χ3v) is 4.99. The number of hydrogen-bond acceptors (Lipinski definition) is 3. The van der Waals surface area contributed by atoms with Crippen LogP contribution in [-0.2, 0) is 0 Å². The molecular weight excluding hydrogens is 256 g/mol. The zero-order valence-corrected chi connectivity index (χ0v) is 12.0. The van der Waals surface area contributed by atoms with Gasteiger partial charge in [0.1, 0.15) is 0 Å². The van der Waals surface area contributed by atoms with E-state index in [1.807, 2.05) is 36.2 Å². The van der Waals surface area contributed by atoms with Crippen LogP contribution < -0.4 is 5.73 Å². The van der Waals surface area contributed by atoms with E-state index in [2.05, 4.69) is 6.92 Å². The van der Waals surface area contributed by atoms with E-state index in [0.29, 0.717) is 5.92 Å². The van der Waals surface area contributed by atoms with Crippen LogP contribution in [0.15, 0.2) is 24.3 Å². The predicted octanol–water partition coefficient (Wildman–Crippen LogP) is 3.21. The molecule has 0 radical (unpaired) electrons. The van der Waals surface area contributed by atoms with Gasteiger partial charge in [0.05, 0.1) is 4.88 Å². The van der Waals surface area contributed by atoms with Gasteiger partial charge in [0, 0.05) is 24.0 Å². The van der Waals surface area contributed by atoms with Crippen LogP contribution in [0.2, 0.25) is 0 Å². The van der Waals surface area contributed by atoms with Crippen molar-refractivity contribution in [3.8, 4) is 0 Å². The van der Waals surface area contributed by atoms with Gasteiger partial charge in [0.25, 0.3) is 5.91 Å². The number of rotatable bonds is 3. The van der Waals surface area contributed by atoms with Crippen LogP contribution in [0.5, 0.6) is 0 Å². The van der Waals surface area contributed by atoms with E-state index in [1.54, 1.807) is 11.3 Å². The van der Waals surface area contributed by atoms with Gasteiger partial charge in [-0.05, 0) is 47.9 Å². The Bertz CT molecular complexity index is 634. The summed E-state index contributed by atoms with van der Waals surface area (Å²) in [5, 5.41) is 1.06. The topological polar surface area (TPSA) is 46.3 Å². The fraction of sp³-hybridized carbons (Fsp3) is 0.400. The second-order valence-electron chi connectivity index (χ2n) is 5.57. The van der Waals surface area contributed by atoms with Gasteiger partial charge in [-0.25, -0.2) is 0 Å². The monoisotopic (exact) mass is 274 g/mol. The molecule has 0 aliphatic heterocycles.